The molecule has 1 aliphatic rings. The van der Waals surface area contributed by atoms with E-state index in [2.05, 4.69) is 36.2 Å². The molecule has 4 rings (SSSR count). The van der Waals surface area contributed by atoms with Gasteiger partial charge in [0.2, 0.25) is 5.95 Å². The van der Waals surface area contributed by atoms with E-state index in [1.54, 1.807) is 0 Å². The van der Waals surface area contributed by atoms with Crippen molar-refractivity contribution in [3.05, 3.63) is 41.9 Å². The van der Waals surface area contributed by atoms with Crippen LogP contribution in [-0.4, -0.2) is 51.0 Å². The van der Waals surface area contributed by atoms with Crippen molar-refractivity contribution >= 4 is 22.8 Å². The van der Waals surface area contributed by atoms with E-state index in [-0.39, 0.29) is 12.5 Å². The van der Waals surface area contributed by atoms with Gasteiger partial charge in [-0.05, 0) is 18.6 Å². The molecule has 2 aromatic heterocycles. The minimum absolute atomic E-state index is 0.0305. The second kappa shape index (κ2) is 7.89. The van der Waals surface area contributed by atoms with Crippen molar-refractivity contribution in [1.82, 2.24) is 19.5 Å². The van der Waals surface area contributed by atoms with Crippen molar-refractivity contribution in [2.45, 2.75) is 18.9 Å². The predicted molar refractivity (Wildman–Crippen MR) is 104 cm³/mol. The van der Waals surface area contributed by atoms with Crippen LogP contribution in [0.2, 0.25) is 0 Å². The van der Waals surface area contributed by atoms with Crippen LogP contribution >= 0.6 is 0 Å². The first-order chi connectivity index (χ1) is 13.2. The number of aryl methyl sites for hydroxylation is 1. The number of nitrogens with one attached hydrogen (secondary N) is 2. The number of anilines is 2. The summed E-state index contributed by atoms with van der Waals surface area (Å²) in [4.78, 5) is 13.8. The quantitative estimate of drug-likeness (QED) is 0.586. The maximum absolute atomic E-state index is 9.06. The zero-order chi connectivity index (χ0) is 18.6. The summed E-state index contributed by atoms with van der Waals surface area (Å²) in [6.07, 6.45) is 0.959. The Morgan fingerprint density at radius 3 is 2.89 bits per heavy atom. The van der Waals surface area contributed by atoms with Crippen LogP contribution in [0.15, 0.2) is 30.3 Å². The van der Waals surface area contributed by atoms with E-state index in [0.717, 1.165) is 41.4 Å². The molecular formula is C19H24N6O2. The number of rotatable bonds is 7. The lowest BCUT2D eigenvalue weighted by Gasteiger charge is -2.13. The van der Waals surface area contributed by atoms with E-state index in [4.69, 9.17) is 9.84 Å². The van der Waals surface area contributed by atoms with Crippen molar-refractivity contribution < 1.29 is 9.84 Å². The number of fused-ring (bicyclic) bond motifs is 1. The number of nitrogens with zero attached hydrogens (tertiary/aromatic N) is 4. The summed E-state index contributed by atoms with van der Waals surface area (Å²) in [6.45, 7) is 2.44. The van der Waals surface area contributed by atoms with Crippen LogP contribution in [0.3, 0.4) is 0 Å². The summed E-state index contributed by atoms with van der Waals surface area (Å²) in [6, 6.07) is 10.1. The number of aromatic nitrogens is 4. The Hall–Kier alpha value is -2.71. The molecule has 27 heavy (non-hydrogen) atoms. The number of hydrogen-bond acceptors (Lipinski definition) is 7. The Morgan fingerprint density at radius 1 is 1.22 bits per heavy atom. The largest absolute Gasteiger partial charge is 0.395 e. The van der Waals surface area contributed by atoms with Crippen LogP contribution in [0.1, 0.15) is 23.9 Å². The van der Waals surface area contributed by atoms with Crippen LogP contribution in [0, 0.1) is 0 Å². The summed E-state index contributed by atoms with van der Waals surface area (Å²) in [5.74, 6) is 2.46. The Morgan fingerprint density at radius 2 is 2.11 bits per heavy atom. The third-order valence-corrected chi connectivity index (χ3v) is 4.80. The number of imidazole rings is 1. The molecule has 3 aromatic rings. The Balaban J connectivity index is 1.56. The van der Waals surface area contributed by atoms with E-state index in [0.29, 0.717) is 25.6 Å². The monoisotopic (exact) mass is 368 g/mol. The van der Waals surface area contributed by atoms with Crippen LogP contribution in [0.5, 0.6) is 0 Å². The Bertz CT molecular complexity index is 920. The first-order valence-corrected chi connectivity index (χ1v) is 9.20. The molecular weight excluding hydrogens is 344 g/mol. The number of para-hydroxylation sites is 2. The summed E-state index contributed by atoms with van der Waals surface area (Å²) in [5, 5.41) is 15.5. The van der Waals surface area contributed by atoms with Crippen molar-refractivity contribution in [1.29, 1.82) is 0 Å². The summed E-state index contributed by atoms with van der Waals surface area (Å²) in [7, 11) is 2.02. The average molecular weight is 368 g/mol. The second-order valence-corrected chi connectivity index (χ2v) is 6.64. The number of ether oxygens (including phenoxy) is 1. The summed E-state index contributed by atoms with van der Waals surface area (Å²) in [5.41, 5.74) is 3.04. The molecule has 1 aliphatic heterocycles. The predicted octanol–water partition coefficient (Wildman–Crippen LogP) is 1.88. The number of aliphatic hydroxyl groups excluding tert-OH is 1. The third-order valence-electron chi connectivity index (χ3n) is 4.80. The second-order valence-electron chi connectivity index (χ2n) is 6.64. The zero-order valence-corrected chi connectivity index (χ0v) is 15.4. The van der Waals surface area contributed by atoms with Crippen molar-refractivity contribution in [2.24, 2.45) is 7.05 Å². The lowest BCUT2D eigenvalue weighted by molar-refractivity contribution is 0.193. The molecule has 0 saturated carbocycles. The first-order valence-electron chi connectivity index (χ1n) is 9.20. The lowest BCUT2D eigenvalue weighted by Crippen LogP contribution is -2.14. The van der Waals surface area contributed by atoms with Gasteiger partial charge < -0.3 is 25.0 Å². The van der Waals surface area contributed by atoms with Gasteiger partial charge in [-0.2, -0.15) is 4.98 Å². The topological polar surface area (TPSA) is 97.1 Å². The molecule has 3 heterocycles. The molecule has 0 bridgehead atoms. The average Bonchev–Trinajstić information content (AvgIpc) is 3.34. The molecule has 8 heteroatoms. The van der Waals surface area contributed by atoms with Gasteiger partial charge >= 0.3 is 0 Å². The van der Waals surface area contributed by atoms with Gasteiger partial charge in [0.15, 0.2) is 0 Å². The molecule has 3 N–H and O–H groups in total. The highest BCUT2D eigenvalue weighted by Gasteiger charge is 2.21. The fourth-order valence-corrected chi connectivity index (χ4v) is 3.30. The molecule has 1 fully saturated rings. The van der Waals surface area contributed by atoms with Gasteiger partial charge in [0.05, 0.1) is 36.5 Å². The molecule has 0 amide bonds. The van der Waals surface area contributed by atoms with E-state index in [1.165, 1.54) is 0 Å². The van der Waals surface area contributed by atoms with Crippen molar-refractivity contribution in [3.8, 4) is 0 Å². The summed E-state index contributed by atoms with van der Waals surface area (Å²) >= 11 is 0. The standard InChI is InChI=1S/C19H24N6O2/c1-25-16-5-3-2-4-14(16)22-18(25)11-21-17-10-15(13-6-9-27-12-13)23-19(24-17)20-7-8-26/h2-5,10,13,26H,6-9,11-12H2,1H3,(H2,20,21,23,24)/t13-/m1/s1. The highest BCUT2D eigenvalue weighted by molar-refractivity contribution is 5.75. The van der Waals surface area contributed by atoms with Gasteiger partial charge in [-0.3, -0.25) is 0 Å². The minimum atomic E-state index is 0.0305. The van der Waals surface area contributed by atoms with E-state index in [1.807, 2.05) is 31.3 Å². The van der Waals surface area contributed by atoms with Gasteiger partial charge in [-0.25, -0.2) is 9.97 Å². The molecule has 1 saturated heterocycles. The maximum atomic E-state index is 9.06. The fraction of sp³-hybridized carbons (Fsp3) is 0.421. The molecule has 142 valence electrons. The molecule has 0 unspecified atom stereocenters. The van der Waals surface area contributed by atoms with Crippen LogP contribution < -0.4 is 10.6 Å². The maximum Gasteiger partial charge on any atom is 0.224 e. The number of benzene rings is 1. The number of hydrogen-bond donors (Lipinski definition) is 3. The highest BCUT2D eigenvalue weighted by atomic mass is 16.5. The first kappa shape index (κ1) is 17.7. The van der Waals surface area contributed by atoms with Gasteiger partial charge in [0, 0.05) is 32.2 Å². The molecule has 0 radical (unpaired) electrons. The third kappa shape index (κ3) is 3.86. The summed E-state index contributed by atoms with van der Waals surface area (Å²) < 4.78 is 7.58. The Labute approximate surface area is 157 Å². The van der Waals surface area contributed by atoms with Gasteiger partial charge in [0.25, 0.3) is 0 Å². The fourth-order valence-electron chi connectivity index (χ4n) is 3.30. The molecule has 1 aromatic carbocycles. The zero-order valence-electron chi connectivity index (χ0n) is 15.4. The van der Waals surface area contributed by atoms with Crippen LogP contribution in [0.4, 0.5) is 11.8 Å². The van der Waals surface area contributed by atoms with Gasteiger partial charge in [0.1, 0.15) is 11.6 Å². The van der Waals surface area contributed by atoms with Crippen molar-refractivity contribution in [3.63, 3.8) is 0 Å². The van der Waals surface area contributed by atoms with E-state index >= 15 is 0 Å². The van der Waals surface area contributed by atoms with E-state index in [9.17, 15) is 0 Å². The Kier molecular flexibility index (Phi) is 5.17. The molecule has 8 nitrogen and oxygen atoms in total. The van der Waals surface area contributed by atoms with Crippen molar-refractivity contribution in [2.75, 3.05) is 37.0 Å². The SMILES string of the molecule is Cn1c(CNc2cc([C@@H]3CCOC3)nc(NCCO)n2)nc2ccccc21. The molecule has 0 aliphatic carbocycles. The van der Waals surface area contributed by atoms with Crippen LogP contribution in [-0.2, 0) is 18.3 Å². The van der Waals surface area contributed by atoms with E-state index < -0.39 is 0 Å². The normalized spacial score (nSPS) is 16.7. The number of aliphatic hydroxyl groups is 1. The van der Waals surface area contributed by atoms with Gasteiger partial charge in [-0.15, -0.1) is 0 Å². The molecule has 0 spiro atoms. The van der Waals surface area contributed by atoms with Gasteiger partial charge in [-0.1, -0.05) is 12.1 Å². The van der Waals surface area contributed by atoms with Crippen LogP contribution in [0.25, 0.3) is 11.0 Å². The minimum Gasteiger partial charge on any atom is -0.395 e. The lowest BCUT2D eigenvalue weighted by atomic mass is 10.0. The smallest absolute Gasteiger partial charge is 0.224 e. The molecule has 1 atom stereocenters. The highest BCUT2D eigenvalue weighted by Crippen LogP contribution is 2.26.